The van der Waals surface area contributed by atoms with Crippen molar-refractivity contribution < 1.29 is 31.2 Å². The molecule has 36 heavy (non-hydrogen) atoms. The van der Waals surface area contributed by atoms with Crippen molar-refractivity contribution in [3.63, 3.8) is 0 Å². The summed E-state index contributed by atoms with van der Waals surface area (Å²) in [6, 6.07) is 7.34. The number of carbonyl (C=O) groups is 2. The Hall–Kier alpha value is -2.44. The fraction of sp³-hybridized carbons (Fsp3) is 0.417. The Bertz CT molecular complexity index is 1280. The molecule has 0 aromatic heterocycles. The quantitative estimate of drug-likeness (QED) is 0.544. The first kappa shape index (κ1) is 26.6. The number of amides is 2. The molecule has 194 valence electrons. The number of sulfonamides is 1. The zero-order valence-corrected chi connectivity index (χ0v) is 21.8. The van der Waals surface area contributed by atoms with E-state index in [4.69, 9.17) is 0 Å². The minimum absolute atomic E-state index is 0.0286. The second kappa shape index (κ2) is 10.1. The smallest absolute Gasteiger partial charge is 0.326 e. The van der Waals surface area contributed by atoms with Crippen LogP contribution in [0.2, 0.25) is 0 Å². The van der Waals surface area contributed by atoms with Crippen molar-refractivity contribution in [2.24, 2.45) is 5.92 Å². The number of benzene rings is 2. The lowest BCUT2D eigenvalue weighted by atomic mass is 9.98. The lowest BCUT2D eigenvalue weighted by Crippen LogP contribution is -2.43. The number of nitrogens with zero attached hydrogens (tertiary/aromatic N) is 2. The second-order valence-corrected chi connectivity index (χ2v) is 11.6. The van der Waals surface area contributed by atoms with Crippen LogP contribution in [0.3, 0.4) is 0 Å². The van der Waals surface area contributed by atoms with Gasteiger partial charge in [-0.3, -0.25) is 9.59 Å². The summed E-state index contributed by atoms with van der Waals surface area (Å²) in [6.07, 6.45) is -2.64. The van der Waals surface area contributed by atoms with E-state index >= 15 is 0 Å². The Morgan fingerprint density at radius 1 is 1.14 bits per heavy atom. The van der Waals surface area contributed by atoms with E-state index in [1.54, 1.807) is 17.9 Å². The van der Waals surface area contributed by atoms with Gasteiger partial charge in [0.1, 0.15) is 0 Å². The van der Waals surface area contributed by atoms with Gasteiger partial charge in [-0.05, 0) is 77.2 Å². The van der Waals surface area contributed by atoms with Gasteiger partial charge in [0.15, 0.2) is 0 Å². The van der Waals surface area contributed by atoms with Crippen LogP contribution in [0.1, 0.15) is 37.3 Å². The van der Waals surface area contributed by atoms with E-state index in [9.17, 15) is 31.2 Å². The molecule has 0 aliphatic carbocycles. The lowest BCUT2D eigenvalue weighted by Gasteiger charge is -2.31. The molecule has 1 N–H and O–H groups in total. The van der Waals surface area contributed by atoms with Gasteiger partial charge in [0.05, 0.1) is 16.4 Å². The van der Waals surface area contributed by atoms with E-state index in [2.05, 4.69) is 21.2 Å². The third kappa shape index (κ3) is 5.30. The summed E-state index contributed by atoms with van der Waals surface area (Å²) in [5, 5.41) is 2.59. The van der Waals surface area contributed by atoms with Crippen molar-refractivity contribution in [2.75, 3.05) is 29.9 Å². The monoisotopic (exact) mass is 587 g/mol. The molecule has 1 fully saturated rings. The number of hydrogen-bond donors (Lipinski definition) is 1. The predicted octanol–water partition coefficient (Wildman–Crippen LogP) is 4.81. The highest BCUT2D eigenvalue weighted by atomic mass is 79.9. The van der Waals surface area contributed by atoms with Crippen molar-refractivity contribution in [3.05, 3.63) is 52.0 Å². The first-order chi connectivity index (χ1) is 16.9. The molecule has 2 aliphatic rings. The van der Waals surface area contributed by atoms with E-state index in [-0.39, 0.29) is 29.6 Å². The molecule has 2 aliphatic heterocycles. The van der Waals surface area contributed by atoms with Crippen molar-refractivity contribution in [3.8, 4) is 0 Å². The van der Waals surface area contributed by atoms with Crippen LogP contribution in [0.5, 0.6) is 0 Å². The lowest BCUT2D eigenvalue weighted by molar-refractivity contribution is -0.137. The summed E-state index contributed by atoms with van der Waals surface area (Å²) in [4.78, 5) is 26.8. The van der Waals surface area contributed by atoms with Crippen molar-refractivity contribution in [1.29, 1.82) is 0 Å². The maximum atomic E-state index is 13.6. The Kier molecular flexibility index (Phi) is 7.50. The van der Waals surface area contributed by atoms with Gasteiger partial charge < -0.3 is 10.2 Å². The number of rotatable bonds is 5. The molecule has 2 heterocycles. The summed E-state index contributed by atoms with van der Waals surface area (Å²) >= 11 is 3.37. The van der Waals surface area contributed by atoms with Gasteiger partial charge in [0, 0.05) is 41.9 Å². The minimum Gasteiger partial charge on any atom is -0.326 e. The van der Waals surface area contributed by atoms with Crippen LogP contribution in [0.4, 0.5) is 24.5 Å². The Balaban J connectivity index is 1.51. The first-order valence-corrected chi connectivity index (χ1v) is 13.8. The van der Waals surface area contributed by atoms with Crippen LogP contribution in [0, 0.1) is 5.92 Å². The maximum Gasteiger partial charge on any atom is 0.416 e. The van der Waals surface area contributed by atoms with E-state index in [1.165, 1.54) is 22.5 Å². The van der Waals surface area contributed by atoms with E-state index in [0.29, 0.717) is 42.4 Å². The number of piperidine rings is 1. The van der Waals surface area contributed by atoms with Crippen LogP contribution >= 0.6 is 15.9 Å². The Morgan fingerprint density at radius 2 is 1.83 bits per heavy atom. The zero-order chi connectivity index (χ0) is 26.3. The van der Waals surface area contributed by atoms with Crippen LogP contribution in [0.25, 0.3) is 0 Å². The molecule has 4 rings (SSSR count). The average molecular weight is 588 g/mol. The van der Waals surface area contributed by atoms with Crippen molar-refractivity contribution >= 4 is 49.1 Å². The molecule has 1 saturated heterocycles. The summed E-state index contributed by atoms with van der Waals surface area (Å²) < 4.78 is 67.1. The number of alkyl halides is 3. The summed E-state index contributed by atoms with van der Waals surface area (Å²) in [7, 11) is -3.99. The Morgan fingerprint density at radius 3 is 2.47 bits per heavy atom. The standard InChI is InChI=1S/C24H25BrF3N3O4S/c1-2-22(32)31-11-9-15-12-19(25)21(13-20(15)31)36(34,35)30-10-3-4-16(14-30)23(33)29-18-7-5-17(6-8-18)24(26,27)28/h5-8,12-13,16H,2-4,9-11,14H2,1H3,(H,29,33). The van der Waals surface area contributed by atoms with Gasteiger partial charge in [0.25, 0.3) is 0 Å². The number of carbonyl (C=O) groups excluding carboxylic acids is 2. The molecule has 2 aromatic carbocycles. The largest absolute Gasteiger partial charge is 0.416 e. The maximum absolute atomic E-state index is 13.6. The van der Waals surface area contributed by atoms with Gasteiger partial charge in [-0.1, -0.05) is 6.92 Å². The number of nitrogens with one attached hydrogen (secondary N) is 1. The number of anilines is 2. The SMILES string of the molecule is CCC(=O)N1CCc2cc(Br)c(S(=O)(=O)N3CCCC(C(=O)Nc4ccc(C(F)(F)F)cc4)C3)cc21. The van der Waals surface area contributed by atoms with Crippen molar-refractivity contribution in [1.82, 2.24) is 4.31 Å². The fourth-order valence-corrected chi connectivity index (χ4v) is 7.13. The molecule has 0 bridgehead atoms. The summed E-state index contributed by atoms with van der Waals surface area (Å²) in [5.41, 5.74) is 0.844. The van der Waals surface area contributed by atoms with E-state index in [0.717, 1.165) is 17.7 Å². The van der Waals surface area contributed by atoms with Gasteiger partial charge >= 0.3 is 6.18 Å². The molecule has 0 spiro atoms. The average Bonchev–Trinajstić information content (AvgIpc) is 3.25. The molecule has 2 amide bonds. The normalized spacial score (nSPS) is 18.7. The third-order valence-electron chi connectivity index (χ3n) is 6.48. The van der Waals surface area contributed by atoms with Gasteiger partial charge in [0.2, 0.25) is 21.8 Å². The molecule has 0 saturated carbocycles. The predicted molar refractivity (Wildman–Crippen MR) is 132 cm³/mol. The Labute approximate surface area is 215 Å². The van der Waals surface area contributed by atoms with Crippen LogP contribution < -0.4 is 10.2 Å². The molecular formula is C24H25BrF3N3O4S. The number of fused-ring (bicyclic) bond motifs is 1. The van der Waals surface area contributed by atoms with Crippen molar-refractivity contribution in [2.45, 2.75) is 43.7 Å². The van der Waals surface area contributed by atoms with E-state index in [1.807, 2.05) is 0 Å². The first-order valence-electron chi connectivity index (χ1n) is 11.5. The molecule has 7 nitrogen and oxygen atoms in total. The van der Waals surface area contributed by atoms with E-state index < -0.39 is 33.6 Å². The highest BCUT2D eigenvalue weighted by Crippen LogP contribution is 2.38. The van der Waals surface area contributed by atoms with Crippen LogP contribution in [-0.4, -0.2) is 44.2 Å². The highest BCUT2D eigenvalue weighted by Gasteiger charge is 2.36. The highest BCUT2D eigenvalue weighted by molar-refractivity contribution is 9.10. The summed E-state index contributed by atoms with van der Waals surface area (Å²) in [5.74, 6) is -1.21. The van der Waals surface area contributed by atoms with Gasteiger partial charge in [-0.2, -0.15) is 17.5 Å². The van der Waals surface area contributed by atoms with Gasteiger partial charge in [-0.25, -0.2) is 8.42 Å². The number of halogens is 4. The second-order valence-electron chi connectivity index (χ2n) is 8.83. The topological polar surface area (TPSA) is 86.8 Å². The third-order valence-corrected chi connectivity index (χ3v) is 9.31. The molecule has 0 radical (unpaired) electrons. The van der Waals surface area contributed by atoms with Crippen LogP contribution in [-0.2, 0) is 32.2 Å². The van der Waals surface area contributed by atoms with Gasteiger partial charge in [-0.15, -0.1) is 0 Å². The molecule has 1 unspecified atom stereocenters. The minimum atomic E-state index is -4.48. The summed E-state index contributed by atoms with van der Waals surface area (Å²) in [6.45, 7) is 2.41. The molecule has 2 aromatic rings. The van der Waals surface area contributed by atoms with Crippen LogP contribution in [0.15, 0.2) is 45.8 Å². The molecule has 1 atom stereocenters. The molecule has 12 heteroatoms. The fourth-order valence-electron chi connectivity index (χ4n) is 4.54. The molecular weight excluding hydrogens is 563 g/mol. The zero-order valence-electron chi connectivity index (χ0n) is 19.4. The number of hydrogen-bond acceptors (Lipinski definition) is 4.